The van der Waals surface area contributed by atoms with Crippen LogP contribution in [0.5, 0.6) is 0 Å². The van der Waals surface area contributed by atoms with Crippen LogP contribution in [0.1, 0.15) is 216 Å². The molecular formula is C55H106B2Br2ClFN3O10Si3. The maximum atomic E-state index is 9.96. The van der Waals surface area contributed by atoms with Crippen LogP contribution in [-0.4, -0.2) is 89.0 Å². The second kappa shape index (κ2) is 31.8. The fourth-order valence-electron chi connectivity index (χ4n) is 10.7. The third-order valence-electron chi connectivity index (χ3n) is 16.4. The summed E-state index contributed by atoms with van der Waals surface area (Å²) in [4.78, 5) is 0. The van der Waals surface area contributed by atoms with Crippen LogP contribution < -0.4 is 5.46 Å². The van der Waals surface area contributed by atoms with Gasteiger partial charge < -0.3 is 46.1 Å². The molecule has 0 bridgehead atoms. The van der Waals surface area contributed by atoms with Crippen LogP contribution in [0.2, 0.25) is 49.9 Å². The van der Waals surface area contributed by atoms with E-state index >= 15 is 0 Å². The molecule has 0 spiro atoms. The minimum Gasteiger partial charge on any atom is -0.408 e. The van der Waals surface area contributed by atoms with Crippen molar-refractivity contribution in [1.29, 1.82) is 0 Å². The van der Waals surface area contributed by atoms with Gasteiger partial charge in [0, 0.05) is 0 Å². The van der Waals surface area contributed by atoms with Crippen molar-refractivity contribution in [2.45, 2.75) is 293 Å². The highest BCUT2D eigenvalue weighted by atomic mass is 79.9. The average Bonchev–Trinajstić information content (AvgIpc) is 4.06. The van der Waals surface area contributed by atoms with Gasteiger partial charge in [0.05, 0.1) is 75.6 Å². The summed E-state index contributed by atoms with van der Waals surface area (Å²) in [6.07, 6.45) is 0. The van der Waals surface area contributed by atoms with Crippen molar-refractivity contribution in [3.63, 3.8) is 0 Å². The minimum atomic E-state index is -1.99. The number of hydrogen-bond acceptors (Lipinski definition) is 13. The number of aliphatic hydroxyl groups excluding tert-OH is 1. The lowest BCUT2D eigenvalue weighted by atomic mass is 9.77. The molecule has 5 heterocycles. The van der Waals surface area contributed by atoms with E-state index in [-0.39, 0.29) is 17.8 Å². The molecule has 3 aromatic rings. The van der Waals surface area contributed by atoms with Crippen LogP contribution in [0.15, 0.2) is 22.5 Å². The van der Waals surface area contributed by atoms with E-state index in [1.54, 1.807) is 6.92 Å². The molecule has 0 aromatic carbocycles. The molecule has 0 unspecified atom stereocenters. The van der Waals surface area contributed by atoms with Crippen molar-refractivity contribution in [3.8, 4) is 0 Å². The molecule has 5 rings (SSSR count). The summed E-state index contributed by atoms with van der Waals surface area (Å²) < 4.78 is 69.0. The quantitative estimate of drug-likeness (QED) is 0.101. The van der Waals surface area contributed by atoms with Crippen molar-refractivity contribution in [2.75, 3.05) is 7.15 Å². The lowest BCUT2D eigenvalue weighted by molar-refractivity contribution is 0.00578. The van der Waals surface area contributed by atoms with Gasteiger partial charge >= 0.3 is 14.8 Å². The zero-order valence-corrected chi connectivity index (χ0v) is 60.1. The molecule has 2 fully saturated rings. The highest BCUT2D eigenvalue weighted by Gasteiger charge is 2.54. The van der Waals surface area contributed by atoms with Gasteiger partial charge in [-0.3, -0.25) is 4.39 Å². The van der Waals surface area contributed by atoms with Gasteiger partial charge in [-0.2, -0.15) is 11.1 Å². The third-order valence-corrected chi connectivity index (χ3v) is 39.8. The zero-order chi connectivity index (χ0) is 61.5. The topological polar surface area (TPSA) is 154 Å². The van der Waals surface area contributed by atoms with Crippen LogP contribution in [-0.2, 0) is 47.3 Å². The molecule has 0 amide bonds. The number of aromatic nitrogens is 3. The van der Waals surface area contributed by atoms with Crippen molar-refractivity contribution >= 4 is 87.2 Å². The number of nitrogens with zero attached hydrogens (tertiary/aromatic N) is 3. The highest BCUT2D eigenvalue weighted by Crippen LogP contribution is 2.46. The monoisotopic (exact) mass is 1290 g/mol. The summed E-state index contributed by atoms with van der Waals surface area (Å²) in [7, 11) is -5.39. The Morgan fingerprint density at radius 1 is 0.545 bits per heavy atom. The maximum Gasteiger partial charge on any atom is 0.500 e. The van der Waals surface area contributed by atoms with Gasteiger partial charge in [0.15, 0.2) is 24.7 Å². The number of hydrogen-bond donors (Lipinski definition) is 1. The molecule has 77 heavy (non-hydrogen) atoms. The Labute approximate surface area is 494 Å². The summed E-state index contributed by atoms with van der Waals surface area (Å²) in [5.41, 5.74) is 7.50. The molecule has 1 radical (unpaired) electrons. The van der Waals surface area contributed by atoms with E-state index in [9.17, 15) is 4.39 Å². The van der Waals surface area contributed by atoms with Crippen molar-refractivity contribution in [1.82, 2.24) is 15.5 Å². The Bertz CT molecular complexity index is 2100. The van der Waals surface area contributed by atoms with E-state index < -0.39 is 49.5 Å². The molecule has 2 saturated heterocycles. The summed E-state index contributed by atoms with van der Waals surface area (Å²) in [6, 6.07) is 0. The predicted octanol–water partition coefficient (Wildman–Crippen LogP) is 17.8. The minimum absolute atomic E-state index is 0.110. The van der Waals surface area contributed by atoms with E-state index in [0.29, 0.717) is 68.8 Å². The molecule has 2 aliphatic rings. The Hall–Kier alpha value is -0.689. The van der Waals surface area contributed by atoms with E-state index in [0.717, 1.165) is 43.0 Å². The molecular weight excluding hydrogens is 1180 g/mol. The first-order valence-electron chi connectivity index (χ1n) is 28.3. The Kier molecular flexibility index (Phi) is 30.7. The maximum absolute atomic E-state index is 9.96. The van der Waals surface area contributed by atoms with Crippen LogP contribution >= 0.6 is 42.9 Å². The zero-order valence-electron chi connectivity index (χ0n) is 54.2. The van der Waals surface area contributed by atoms with Gasteiger partial charge in [0.25, 0.3) is 0 Å². The number of aryl methyl sites for hydroxylation is 3. The van der Waals surface area contributed by atoms with Gasteiger partial charge in [0.1, 0.15) is 6.61 Å². The Balaban J connectivity index is 0.00000101. The van der Waals surface area contributed by atoms with Gasteiger partial charge in [-0.25, -0.2) is 0 Å². The molecule has 2 aliphatic heterocycles. The lowest BCUT2D eigenvalue weighted by Crippen LogP contribution is -2.48. The van der Waals surface area contributed by atoms with E-state index in [4.69, 9.17) is 58.6 Å². The number of rotatable bonds is 17. The second-order valence-electron chi connectivity index (χ2n) is 25.2. The fourth-order valence-corrected chi connectivity index (χ4v) is 26.0. The molecule has 0 saturated carbocycles. The fraction of sp³-hybridized carbons (Fsp3) is 0.836. The standard InChI is InChI=1S/C20H38BNO4Si.C14H26BrNO2Si.C9H21ClSi.C6H12BO2.C5H6BrNO2.CH3F/c1-13(2)27(14(3)4,15(5)6)23-12-17-18(16(7)22-24-17)21-25-19(8,9)20(10,11)26-21;1-9(2)19(10(3)4,11(5)6)17-8-13-14(15)12(7)16-18-13;1-7(2)11(10,8(3)4)9(5)6;1-5(2)6(3,4)9-7-8-5;1-3-5(6)4(2-8)9-7-3;1-2/h13-15H,12H2,1-11H3;9-11H,8H2,1-7H3;7-9H,1-6H3;1-4H3;8H,2H2,1H3;1H3/i;;;;;1D. The highest BCUT2D eigenvalue weighted by molar-refractivity contribution is 9.10. The molecule has 447 valence electrons. The van der Waals surface area contributed by atoms with Crippen LogP contribution in [0.25, 0.3) is 0 Å². The van der Waals surface area contributed by atoms with Crippen molar-refractivity contribution in [2.24, 2.45) is 0 Å². The van der Waals surface area contributed by atoms with Crippen molar-refractivity contribution < 1.29 is 51.9 Å². The first kappa shape index (κ1) is 74.3. The molecule has 1 N–H and O–H groups in total. The van der Waals surface area contributed by atoms with Crippen LogP contribution in [0.3, 0.4) is 0 Å². The van der Waals surface area contributed by atoms with E-state index in [2.05, 4.69) is 200 Å². The summed E-state index contributed by atoms with van der Waals surface area (Å²) in [5.74, 6) is 2.01. The van der Waals surface area contributed by atoms with Gasteiger partial charge in [-0.15, -0.1) is 0 Å². The normalized spacial score (nSPS) is 17.0. The van der Waals surface area contributed by atoms with E-state index in [1.807, 2.05) is 41.5 Å². The Morgan fingerprint density at radius 3 is 1.05 bits per heavy atom. The van der Waals surface area contributed by atoms with Crippen LogP contribution in [0, 0.1) is 20.8 Å². The molecule has 3 aromatic heterocycles. The third kappa shape index (κ3) is 18.9. The number of aliphatic hydroxyl groups is 1. The first-order valence-corrected chi connectivity index (χ1v) is 36.7. The van der Waals surface area contributed by atoms with Gasteiger partial charge in [0.2, 0.25) is 16.6 Å². The van der Waals surface area contributed by atoms with Crippen molar-refractivity contribution in [3.05, 3.63) is 43.3 Å². The van der Waals surface area contributed by atoms with Gasteiger partial charge in [-0.1, -0.05) is 140 Å². The largest absolute Gasteiger partial charge is 0.500 e. The molecule has 0 atom stereocenters. The SMILES string of the molecule is CC(C)[Si](Cl)(C(C)C)C(C)C.CC1(C)O[B]OC1(C)C.Cc1noc(CO)c1Br.Cc1noc(CO[Si](C(C)C)(C(C)C)C(C)C)c1B1OC(C)(C)C(C)(C)O1.Cc1noc(CO[Si](C(C)C)(C(C)C)C(C)C)c1Br.[2H]CF. The lowest BCUT2D eigenvalue weighted by Gasteiger charge is -2.41. The molecule has 13 nitrogen and oxygen atoms in total. The summed E-state index contributed by atoms with van der Waals surface area (Å²) >= 11 is 13.4. The van der Waals surface area contributed by atoms with E-state index in [1.165, 1.54) is 7.69 Å². The predicted molar refractivity (Wildman–Crippen MR) is 332 cm³/mol. The molecule has 0 aliphatic carbocycles. The summed E-state index contributed by atoms with van der Waals surface area (Å²) in [6.45, 7) is 63.7. The molecule has 22 heteroatoms. The first-order chi connectivity index (χ1) is 35.4. The number of alkyl halides is 1. The summed E-state index contributed by atoms with van der Waals surface area (Å²) in [5, 5.41) is 20.3. The smallest absolute Gasteiger partial charge is 0.408 e. The van der Waals surface area contributed by atoms with Gasteiger partial charge in [-0.05, 0) is 158 Å². The Morgan fingerprint density at radius 2 is 0.831 bits per heavy atom. The average molecular weight is 1290 g/mol. The van der Waals surface area contributed by atoms with Crippen LogP contribution in [0.4, 0.5) is 4.39 Å². The number of halogens is 4. The second-order valence-corrected chi connectivity index (χ2v) is 44.8.